The zero-order chi connectivity index (χ0) is 10.9. The molecule has 4 nitrogen and oxygen atoms in total. The van der Waals surface area contributed by atoms with Gasteiger partial charge in [-0.3, -0.25) is 4.68 Å². The first-order valence-corrected chi connectivity index (χ1v) is 5.17. The van der Waals surface area contributed by atoms with E-state index >= 15 is 0 Å². The van der Waals surface area contributed by atoms with Gasteiger partial charge in [-0.2, -0.15) is 5.10 Å². The third-order valence-corrected chi connectivity index (χ3v) is 2.49. The lowest BCUT2D eigenvalue weighted by Crippen LogP contribution is -2.08. The van der Waals surface area contributed by atoms with Crippen molar-refractivity contribution in [3.05, 3.63) is 15.9 Å². The summed E-state index contributed by atoms with van der Waals surface area (Å²) < 4.78 is 2.02. The fraction of sp³-hybridized carbons (Fsp3) is 0.556. The molecule has 1 rings (SSSR count). The topological polar surface area (TPSA) is 55.1 Å². The molecule has 0 bridgehead atoms. The number of aromatic carboxylic acids is 1. The summed E-state index contributed by atoms with van der Waals surface area (Å²) in [6.45, 7) is 4.10. The minimum atomic E-state index is -0.930. The maximum absolute atomic E-state index is 11.0. The van der Waals surface area contributed by atoms with Crippen molar-refractivity contribution >= 4 is 21.9 Å². The summed E-state index contributed by atoms with van der Waals surface area (Å²) in [6.07, 6.45) is 0.719. The molecule has 1 heterocycles. The van der Waals surface area contributed by atoms with Gasteiger partial charge in [0, 0.05) is 7.05 Å². The molecule has 78 valence electrons. The second-order valence-electron chi connectivity index (χ2n) is 3.64. The molecule has 1 aromatic rings. The first-order chi connectivity index (χ1) is 6.43. The van der Waals surface area contributed by atoms with E-state index in [2.05, 4.69) is 21.0 Å². The van der Waals surface area contributed by atoms with Gasteiger partial charge in [-0.05, 0) is 28.3 Å². The van der Waals surface area contributed by atoms with Crippen LogP contribution < -0.4 is 0 Å². The summed E-state index contributed by atoms with van der Waals surface area (Å²) >= 11 is 3.15. The second kappa shape index (κ2) is 4.13. The Kier molecular flexibility index (Phi) is 3.31. The monoisotopic (exact) mass is 260 g/mol. The van der Waals surface area contributed by atoms with Gasteiger partial charge >= 0.3 is 5.97 Å². The highest BCUT2D eigenvalue weighted by Crippen LogP contribution is 2.21. The molecule has 0 amide bonds. The highest BCUT2D eigenvalue weighted by molar-refractivity contribution is 9.10. The van der Waals surface area contributed by atoms with E-state index in [9.17, 15) is 4.79 Å². The molecule has 0 saturated heterocycles. The quantitative estimate of drug-likeness (QED) is 0.906. The maximum atomic E-state index is 11.0. The summed E-state index contributed by atoms with van der Waals surface area (Å²) in [5.41, 5.74) is 1.04. The minimum absolute atomic E-state index is 0.279. The smallest absolute Gasteiger partial charge is 0.340 e. The van der Waals surface area contributed by atoms with Crippen LogP contribution in [0.15, 0.2) is 4.60 Å². The SMILES string of the molecule is CC(C)Cc1c(C(=O)O)c(Br)nn1C. The molecule has 0 radical (unpaired) electrons. The number of rotatable bonds is 3. The van der Waals surface area contributed by atoms with E-state index in [4.69, 9.17) is 5.11 Å². The van der Waals surface area contributed by atoms with Crippen molar-refractivity contribution in [2.24, 2.45) is 13.0 Å². The average molecular weight is 261 g/mol. The lowest BCUT2D eigenvalue weighted by atomic mass is 10.1. The molecule has 5 heteroatoms. The van der Waals surface area contributed by atoms with Crippen molar-refractivity contribution in [1.29, 1.82) is 0 Å². The van der Waals surface area contributed by atoms with Crippen LogP contribution in [-0.2, 0) is 13.5 Å². The third-order valence-electron chi connectivity index (χ3n) is 1.94. The summed E-state index contributed by atoms with van der Waals surface area (Å²) in [4.78, 5) is 11.0. The predicted molar refractivity (Wildman–Crippen MR) is 56.4 cm³/mol. The van der Waals surface area contributed by atoms with Crippen LogP contribution in [0, 0.1) is 5.92 Å². The van der Waals surface area contributed by atoms with Crippen LogP contribution in [-0.4, -0.2) is 20.9 Å². The number of hydrogen-bond acceptors (Lipinski definition) is 2. The number of nitrogens with zero attached hydrogens (tertiary/aromatic N) is 2. The molecule has 1 N–H and O–H groups in total. The van der Waals surface area contributed by atoms with Gasteiger partial charge < -0.3 is 5.11 Å². The van der Waals surface area contributed by atoms with Crippen LogP contribution in [0.4, 0.5) is 0 Å². The Morgan fingerprint density at radius 3 is 2.64 bits per heavy atom. The van der Waals surface area contributed by atoms with Crippen molar-refractivity contribution in [3.63, 3.8) is 0 Å². The Morgan fingerprint density at radius 2 is 2.21 bits per heavy atom. The molecular weight excluding hydrogens is 248 g/mol. The van der Waals surface area contributed by atoms with Crippen molar-refractivity contribution in [2.75, 3.05) is 0 Å². The Bertz CT molecular complexity index is 358. The molecule has 0 aromatic carbocycles. The number of hydrogen-bond donors (Lipinski definition) is 1. The number of halogens is 1. The summed E-state index contributed by atoms with van der Waals surface area (Å²) in [5, 5.41) is 13.0. The Balaban J connectivity index is 3.18. The number of aryl methyl sites for hydroxylation is 1. The van der Waals surface area contributed by atoms with Crippen LogP contribution in [0.5, 0.6) is 0 Å². The molecule has 0 aliphatic rings. The third kappa shape index (κ3) is 2.15. The van der Waals surface area contributed by atoms with Gasteiger partial charge in [0.15, 0.2) is 0 Å². The standard InChI is InChI=1S/C9H13BrN2O2/c1-5(2)4-6-7(9(13)14)8(10)11-12(6)3/h5H,4H2,1-3H3,(H,13,14). The molecular formula is C9H13BrN2O2. The summed E-state index contributed by atoms with van der Waals surface area (Å²) in [6, 6.07) is 0. The van der Waals surface area contributed by atoms with Gasteiger partial charge in [-0.25, -0.2) is 4.79 Å². The van der Waals surface area contributed by atoms with Gasteiger partial charge in [-0.15, -0.1) is 0 Å². The first kappa shape index (κ1) is 11.2. The zero-order valence-electron chi connectivity index (χ0n) is 8.41. The van der Waals surface area contributed by atoms with Crippen LogP contribution in [0.1, 0.15) is 29.9 Å². The van der Waals surface area contributed by atoms with Crippen molar-refractivity contribution < 1.29 is 9.90 Å². The largest absolute Gasteiger partial charge is 0.478 e. The van der Waals surface area contributed by atoms with Crippen LogP contribution in [0.25, 0.3) is 0 Å². The molecule has 1 aromatic heterocycles. The van der Waals surface area contributed by atoms with E-state index < -0.39 is 5.97 Å². The molecule has 0 unspecified atom stereocenters. The Morgan fingerprint density at radius 1 is 1.64 bits per heavy atom. The first-order valence-electron chi connectivity index (χ1n) is 4.38. The van der Waals surface area contributed by atoms with Gasteiger partial charge in [0.05, 0.1) is 5.69 Å². The molecule has 0 fully saturated rings. The maximum Gasteiger partial charge on any atom is 0.340 e. The van der Waals surface area contributed by atoms with E-state index in [1.54, 1.807) is 11.7 Å². The number of carbonyl (C=O) groups is 1. The Hall–Kier alpha value is -0.840. The summed E-state index contributed by atoms with van der Waals surface area (Å²) in [5.74, 6) is -0.518. The lowest BCUT2D eigenvalue weighted by molar-refractivity contribution is 0.0694. The van der Waals surface area contributed by atoms with E-state index in [0.29, 0.717) is 10.5 Å². The average Bonchev–Trinajstić information content (AvgIpc) is 2.25. The second-order valence-corrected chi connectivity index (χ2v) is 4.39. The fourth-order valence-corrected chi connectivity index (χ4v) is 1.99. The molecule has 0 aliphatic heterocycles. The summed E-state index contributed by atoms with van der Waals surface area (Å²) in [7, 11) is 1.76. The highest BCUT2D eigenvalue weighted by atomic mass is 79.9. The normalized spacial score (nSPS) is 10.9. The molecule has 0 saturated carbocycles. The zero-order valence-corrected chi connectivity index (χ0v) is 10.00. The molecule has 14 heavy (non-hydrogen) atoms. The van der Waals surface area contributed by atoms with Gasteiger partial charge in [0.25, 0.3) is 0 Å². The molecule has 0 aliphatic carbocycles. The molecule has 0 atom stereocenters. The van der Waals surface area contributed by atoms with Crippen LogP contribution in [0.2, 0.25) is 0 Å². The predicted octanol–water partition coefficient (Wildman–Crippen LogP) is 2.08. The van der Waals surface area contributed by atoms with Crippen molar-refractivity contribution in [2.45, 2.75) is 20.3 Å². The lowest BCUT2D eigenvalue weighted by Gasteiger charge is -2.06. The van der Waals surface area contributed by atoms with Crippen LogP contribution in [0.3, 0.4) is 0 Å². The van der Waals surface area contributed by atoms with E-state index in [-0.39, 0.29) is 5.56 Å². The number of aromatic nitrogens is 2. The van der Waals surface area contributed by atoms with Crippen LogP contribution >= 0.6 is 15.9 Å². The molecule has 0 spiro atoms. The van der Waals surface area contributed by atoms with Crippen molar-refractivity contribution in [3.8, 4) is 0 Å². The van der Waals surface area contributed by atoms with Gasteiger partial charge in [0.1, 0.15) is 10.2 Å². The number of carboxylic acids is 1. The van der Waals surface area contributed by atoms with E-state index in [1.807, 2.05) is 13.8 Å². The highest BCUT2D eigenvalue weighted by Gasteiger charge is 2.20. The van der Waals surface area contributed by atoms with E-state index in [0.717, 1.165) is 12.1 Å². The minimum Gasteiger partial charge on any atom is -0.478 e. The van der Waals surface area contributed by atoms with E-state index in [1.165, 1.54) is 0 Å². The van der Waals surface area contributed by atoms with Crippen molar-refractivity contribution in [1.82, 2.24) is 9.78 Å². The number of carboxylic acid groups (broad SMARTS) is 1. The van der Waals surface area contributed by atoms with Gasteiger partial charge in [-0.1, -0.05) is 13.8 Å². The van der Waals surface area contributed by atoms with Gasteiger partial charge in [0.2, 0.25) is 0 Å². The Labute approximate surface area is 91.1 Å². The fourth-order valence-electron chi connectivity index (χ4n) is 1.36.